The number of nitrogens with zero attached hydrogens (tertiary/aromatic N) is 3. The van der Waals surface area contributed by atoms with Crippen LogP contribution in [0.3, 0.4) is 0 Å². The van der Waals surface area contributed by atoms with E-state index in [0.29, 0.717) is 49.8 Å². The number of nitrogens with one attached hydrogen (secondary N) is 1. The summed E-state index contributed by atoms with van der Waals surface area (Å²) in [5.74, 6) is -3.37. The van der Waals surface area contributed by atoms with Crippen LogP contribution in [0, 0.1) is 17.6 Å². The Morgan fingerprint density at radius 3 is 2.46 bits per heavy atom. The first kappa shape index (κ1) is 31.1. The zero-order valence-electron chi connectivity index (χ0n) is 23.6. The van der Waals surface area contributed by atoms with E-state index in [9.17, 15) is 22.0 Å². The Morgan fingerprint density at radius 2 is 1.85 bits per heavy atom. The maximum atomic E-state index is 15.0. The summed E-state index contributed by atoms with van der Waals surface area (Å²) in [7, 11) is -0.400. The van der Waals surface area contributed by atoms with Gasteiger partial charge in [0, 0.05) is 19.6 Å². The number of halogens is 2. The molecule has 1 aliphatic heterocycles. The molecule has 2 aromatic rings. The van der Waals surface area contributed by atoms with Crippen LogP contribution in [0.4, 0.5) is 8.78 Å². The van der Waals surface area contributed by atoms with Crippen molar-refractivity contribution in [3.05, 3.63) is 53.4 Å². The van der Waals surface area contributed by atoms with E-state index in [4.69, 9.17) is 14.2 Å². The minimum Gasteiger partial charge on any atom is -0.492 e. The quantitative estimate of drug-likeness (QED) is 0.352. The summed E-state index contributed by atoms with van der Waals surface area (Å²) in [6.07, 6.45) is 4.46. The predicted molar refractivity (Wildman–Crippen MR) is 148 cm³/mol. The van der Waals surface area contributed by atoms with Crippen molar-refractivity contribution in [1.82, 2.24) is 18.9 Å². The molecular weight excluding hydrogens is 558 g/mol. The number of carbonyl (C=O) groups excluding carboxylic acids is 1. The van der Waals surface area contributed by atoms with Crippen molar-refractivity contribution >= 4 is 16.1 Å². The molecule has 0 unspecified atom stereocenters. The van der Waals surface area contributed by atoms with Gasteiger partial charge < -0.3 is 19.1 Å². The van der Waals surface area contributed by atoms with Gasteiger partial charge in [-0.1, -0.05) is 6.92 Å². The molecule has 1 aliphatic carbocycles. The first-order valence-electron chi connectivity index (χ1n) is 13.9. The average molecular weight is 597 g/mol. The Kier molecular flexibility index (Phi) is 10.5. The normalized spacial score (nSPS) is 17.4. The van der Waals surface area contributed by atoms with E-state index < -0.39 is 45.2 Å². The zero-order chi connectivity index (χ0) is 29.6. The highest BCUT2D eigenvalue weighted by atomic mass is 32.2. The van der Waals surface area contributed by atoms with Crippen LogP contribution in [0.25, 0.3) is 0 Å². The van der Waals surface area contributed by atoms with Gasteiger partial charge in [-0.3, -0.25) is 9.78 Å². The van der Waals surface area contributed by atoms with E-state index in [-0.39, 0.29) is 19.2 Å². The summed E-state index contributed by atoms with van der Waals surface area (Å²) in [5, 5.41) is 0. The lowest BCUT2D eigenvalue weighted by Crippen LogP contribution is -2.48. The number of pyridine rings is 1. The van der Waals surface area contributed by atoms with Gasteiger partial charge in [0.1, 0.15) is 11.9 Å². The third-order valence-electron chi connectivity index (χ3n) is 7.06. The number of benzene rings is 1. The minimum atomic E-state index is -4.26. The maximum absolute atomic E-state index is 15.0. The number of hydrogen-bond acceptors (Lipinski definition) is 8. The minimum absolute atomic E-state index is 0.0862. The van der Waals surface area contributed by atoms with Crippen molar-refractivity contribution in [2.75, 3.05) is 46.9 Å². The third kappa shape index (κ3) is 8.57. The SMILES string of the molecule is CC[C@@H](Oc1ccc(C(=O)NS(=O)(=O)N2CCC(OCCN(C)C)CC2)c(F)c1F)c1ccc(OCC2CC2)cn1. The molecule has 1 saturated carbocycles. The molecule has 2 aliphatic rings. The van der Waals surface area contributed by atoms with Crippen molar-refractivity contribution in [3.63, 3.8) is 0 Å². The van der Waals surface area contributed by atoms with Crippen LogP contribution >= 0.6 is 0 Å². The molecule has 2 heterocycles. The van der Waals surface area contributed by atoms with Crippen LogP contribution in [0.2, 0.25) is 0 Å². The van der Waals surface area contributed by atoms with E-state index in [2.05, 4.69) is 4.98 Å². The monoisotopic (exact) mass is 596 g/mol. The van der Waals surface area contributed by atoms with Crippen LogP contribution in [0.15, 0.2) is 30.5 Å². The number of amides is 1. The molecule has 2 fully saturated rings. The topological polar surface area (TPSA) is 110 Å². The summed E-state index contributed by atoms with van der Waals surface area (Å²) >= 11 is 0. The molecule has 1 aromatic carbocycles. The van der Waals surface area contributed by atoms with Gasteiger partial charge in [-0.05, 0) is 76.4 Å². The van der Waals surface area contributed by atoms with Gasteiger partial charge in [-0.15, -0.1) is 0 Å². The Labute approximate surface area is 240 Å². The summed E-state index contributed by atoms with van der Waals surface area (Å²) in [6.45, 7) is 4.01. The van der Waals surface area contributed by atoms with Gasteiger partial charge in [0.25, 0.3) is 5.91 Å². The standard InChI is InChI=1S/C28H38F2N4O6S/c1-4-24(23-9-7-21(17-31-23)39-18-19-5-6-19)40-25-10-8-22(26(29)27(25)30)28(35)32-41(36,37)34-13-11-20(12-14-34)38-16-15-33(2)3/h7-10,17,19-20,24H,4-6,11-16,18H2,1-3H3,(H,32,35)/t24-/m1/s1. The third-order valence-corrected chi connectivity index (χ3v) is 8.55. The number of aromatic nitrogens is 1. The molecule has 0 bridgehead atoms. The number of ether oxygens (including phenoxy) is 3. The first-order valence-corrected chi connectivity index (χ1v) is 15.3. The van der Waals surface area contributed by atoms with Crippen LogP contribution in [0.5, 0.6) is 11.5 Å². The second-order valence-corrected chi connectivity index (χ2v) is 12.3. The molecule has 1 N–H and O–H groups in total. The van der Waals surface area contributed by atoms with Gasteiger partial charge in [-0.2, -0.15) is 17.1 Å². The molecule has 1 amide bonds. The molecule has 226 valence electrons. The van der Waals surface area contributed by atoms with Crippen molar-refractivity contribution in [2.45, 2.75) is 51.2 Å². The largest absolute Gasteiger partial charge is 0.492 e. The molecule has 10 nitrogen and oxygen atoms in total. The van der Waals surface area contributed by atoms with E-state index in [1.54, 1.807) is 18.3 Å². The summed E-state index contributed by atoms with van der Waals surface area (Å²) in [5.41, 5.74) is -0.241. The molecule has 1 atom stereocenters. The van der Waals surface area contributed by atoms with Gasteiger partial charge in [0.15, 0.2) is 11.6 Å². The van der Waals surface area contributed by atoms with Gasteiger partial charge in [-0.25, -0.2) is 9.11 Å². The van der Waals surface area contributed by atoms with Crippen molar-refractivity contribution in [3.8, 4) is 11.5 Å². The highest BCUT2D eigenvalue weighted by Gasteiger charge is 2.31. The summed E-state index contributed by atoms with van der Waals surface area (Å²) in [6, 6.07) is 5.56. The highest BCUT2D eigenvalue weighted by molar-refractivity contribution is 7.87. The number of rotatable bonds is 14. The average Bonchev–Trinajstić information content (AvgIpc) is 3.78. The van der Waals surface area contributed by atoms with Crippen molar-refractivity contribution in [2.24, 2.45) is 5.92 Å². The first-order chi connectivity index (χ1) is 19.6. The molecule has 1 saturated heterocycles. The highest BCUT2D eigenvalue weighted by Crippen LogP contribution is 2.31. The van der Waals surface area contributed by atoms with Crippen LogP contribution < -0.4 is 14.2 Å². The Hall–Kier alpha value is -2.87. The lowest BCUT2D eigenvalue weighted by molar-refractivity contribution is 0.0147. The number of carbonyl (C=O) groups is 1. The Bertz CT molecular complexity index is 1280. The smallest absolute Gasteiger partial charge is 0.304 e. The fourth-order valence-corrected chi connectivity index (χ4v) is 5.51. The van der Waals surface area contributed by atoms with E-state index in [0.717, 1.165) is 23.0 Å². The predicted octanol–water partition coefficient (Wildman–Crippen LogP) is 3.70. The molecular formula is C28H38F2N4O6S. The number of hydrogen-bond donors (Lipinski definition) is 1. The zero-order valence-corrected chi connectivity index (χ0v) is 24.5. The summed E-state index contributed by atoms with van der Waals surface area (Å²) < 4.78 is 75.6. The van der Waals surface area contributed by atoms with Gasteiger partial charge in [0.2, 0.25) is 5.82 Å². The lowest BCUT2D eigenvalue weighted by Gasteiger charge is -2.31. The lowest BCUT2D eigenvalue weighted by atomic mass is 10.1. The Balaban J connectivity index is 1.34. The molecule has 1 aromatic heterocycles. The van der Waals surface area contributed by atoms with E-state index >= 15 is 0 Å². The fourth-order valence-electron chi connectivity index (χ4n) is 4.35. The van der Waals surface area contributed by atoms with Crippen molar-refractivity contribution in [1.29, 1.82) is 0 Å². The second kappa shape index (κ2) is 13.9. The molecule has 4 rings (SSSR count). The van der Waals surface area contributed by atoms with Gasteiger partial charge >= 0.3 is 10.2 Å². The molecule has 41 heavy (non-hydrogen) atoms. The van der Waals surface area contributed by atoms with Crippen molar-refractivity contribution < 1.29 is 36.2 Å². The molecule has 13 heteroatoms. The summed E-state index contributed by atoms with van der Waals surface area (Å²) in [4.78, 5) is 19.0. The second-order valence-electron chi connectivity index (χ2n) is 10.6. The number of likely N-dealkylation sites (N-methyl/N-ethyl adjacent to an activating group) is 1. The van der Waals surface area contributed by atoms with E-state index in [1.807, 2.05) is 30.6 Å². The Morgan fingerprint density at radius 1 is 1.12 bits per heavy atom. The number of piperidine rings is 1. The molecule has 0 radical (unpaired) electrons. The van der Waals surface area contributed by atoms with Crippen LogP contribution in [0.1, 0.15) is 61.2 Å². The van der Waals surface area contributed by atoms with E-state index in [1.165, 1.54) is 12.8 Å². The maximum Gasteiger partial charge on any atom is 0.304 e. The van der Waals surface area contributed by atoms with Gasteiger partial charge in [0.05, 0.1) is 36.8 Å². The van der Waals surface area contributed by atoms with Crippen LogP contribution in [-0.4, -0.2) is 81.6 Å². The van der Waals surface area contributed by atoms with Crippen LogP contribution in [-0.2, 0) is 14.9 Å². The fraction of sp³-hybridized carbons (Fsp3) is 0.571. The molecule has 0 spiro atoms.